The molecule has 0 amide bonds. The summed E-state index contributed by atoms with van der Waals surface area (Å²) in [5, 5.41) is 10.6. The maximum Gasteiger partial charge on any atom is 0.179 e. The lowest BCUT2D eigenvalue weighted by molar-refractivity contribution is 0.195. The van der Waals surface area contributed by atoms with E-state index in [1.165, 1.54) is 118 Å². The van der Waals surface area contributed by atoms with Crippen LogP contribution >= 0.6 is 0 Å². The van der Waals surface area contributed by atoms with Gasteiger partial charge in [-0.2, -0.15) is 0 Å². The SMILES string of the molecule is CC12CCCCC1(C)N(c1ccccc1)c1ccc(-n3c4ccccc4c4ccc5c(c6ccccc6n5-c5cccc([Si](c6ccccc6)(c6ccccc6)c6ccccc6)c5)c43)cc12. The van der Waals surface area contributed by atoms with Crippen LogP contribution in [0.4, 0.5) is 11.4 Å². The number of rotatable bonds is 7. The van der Waals surface area contributed by atoms with Gasteiger partial charge in [0.25, 0.3) is 0 Å². The summed E-state index contributed by atoms with van der Waals surface area (Å²) in [6.45, 7) is 5.08. The molecule has 2 unspecified atom stereocenters. The van der Waals surface area contributed by atoms with Crippen molar-refractivity contribution < 1.29 is 0 Å². The second-order valence-corrected chi connectivity index (χ2v) is 23.0. The van der Waals surface area contributed by atoms with Gasteiger partial charge in [0.05, 0.1) is 27.6 Å². The van der Waals surface area contributed by atoms with Crippen molar-refractivity contribution in [2.45, 2.75) is 50.5 Å². The van der Waals surface area contributed by atoms with E-state index in [4.69, 9.17) is 0 Å². The predicted octanol–water partition coefficient (Wildman–Crippen LogP) is 13.0. The van der Waals surface area contributed by atoms with Crippen molar-refractivity contribution in [1.82, 2.24) is 9.13 Å². The van der Waals surface area contributed by atoms with Crippen LogP contribution in [0.3, 0.4) is 0 Å². The number of anilines is 2. The van der Waals surface area contributed by atoms with Crippen LogP contribution in [0.1, 0.15) is 45.1 Å². The molecule has 0 saturated heterocycles. The summed E-state index contributed by atoms with van der Waals surface area (Å²) in [4.78, 5) is 2.68. The van der Waals surface area contributed by atoms with Gasteiger partial charge in [0.2, 0.25) is 0 Å². The van der Waals surface area contributed by atoms with Gasteiger partial charge in [-0.15, -0.1) is 0 Å². The maximum absolute atomic E-state index is 2.78. The first-order valence-electron chi connectivity index (χ1n) is 23.7. The van der Waals surface area contributed by atoms with Crippen LogP contribution in [0.15, 0.2) is 224 Å². The first-order chi connectivity index (χ1) is 32.5. The van der Waals surface area contributed by atoms with Crippen molar-refractivity contribution in [1.29, 1.82) is 0 Å². The van der Waals surface area contributed by atoms with Crippen molar-refractivity contribution in [2.24, 2.45) is 0 Å². The minimum atomic E-state index is -2.78. The first kappa shape index (κ1) is 39.0. The molecule has 2 aliphatic rings. The van der Waals surface area contributed by atoms with Gasteiger partial charge in [0.1, 0.15) is 0 Å². The molecule has 1 aliphatic heterocycles. The third-order valence-corrected chi connectivity index (χ3v) is 20.8. The first-order valence-corrected chi connectivity index (χ1v) is 25.7. The molecule has 11 aromatic rings. The Kier molecular flexibility index (Phi) is 8.75. The zero-order chi connectivity index (χ0) is 44.0. The number of para-hydroxylation sites is 3. The molecule has 2 atom stereocenters. The van der Waals surface area contributed by atoms with Gasteiger partial charge in [-0.05, 0) is 107 Å². The molecule has 4 heteroatoms. The van der Waals surface area contributed by atoms with Gasteiger partial charge in [0.15, 0.2) is 8.07 Å². The zero-order valence-electron chi connectivity index (χ0n) is 37.5. The maximum atomic E-state index is 2.68. The molecule has 1 fully saturated rings. The average Bonchev–Trinajstić information content (AvgIpc) is 3.97. The van der Waals surface area contributed by atoms with E-state index >= 15 is 0 Å². The molecule has 0 radical (unpaired) electrons. The highest BCUT2D eigenvalue weighted by Gasteiger charge is 2.57. The fourth-order valence-corrected chi connectivity index (χ4v) is 17.6. The molecule has 1 aliphatic carbocycles. The van der Waals surface area contributed by atoms with E-state index in [9.17, 15) is 0 Å². The van der Waals surface area contributed by atoms with Crippen LogP contribution < -0.4 is 25.6 Å². The minimum Gasteiger partial charge on any atom is -0.334 e. The fraction of sp³-hybridized carbons (Fsp3) is 0.129. The fourth-order valence-electron chi connectivity index (χ4n) is 12.8. The van der Waals surface area contributed by atoms with E-state index in [0.717, 1.165) is 0 Å². The standard InChI is InChI=1S/C62H51N3Si/c1-61-40-19-20-41-62(61,2)65(44-22-7-3-8-23-44)57-38-36-46(43-54(57)61)64-55-34-17-15-32-51(55)52-37-39-58-59(60(52)64)53-33-16-18-35-56(53)63(58)45-24-21-31-50(42-45)66(47-25-9-4-10-26-47,48-27-11-5-12-28-48)49-29-13-6-14-30-49/h3-18,21-39,42-43H,19-20,40-41H2,1-2H3. The Balaban J connectivity index is 1.08. The van der Waals surface area contributed by atoms with Gasteiger partial charge in [0, 0.05) is 49.7 Å². The Morgan fingerprint density at radius 2 is 0.924 bits per heavy atom. The minimum absolute atomic E-state index is 0.000653. The van der Waals surface area contributed by atoms with Crippen LogP contribution in [-0.4, -0.2) is 22.7 Å². The van der Waals surface area contributed by atoms with Crippen molar-refractivity contribution in [3.05, 3.63) is 230 Å². The van der Waals surface area contributed by atoms with E-state index in [1.807, 2.05) is 0 Å². The molecule has 9 aromatic carbocycles. The number of hydrogen-bond acceptors (Lipinski definition) is 1. The highest BCUT2D eigenvalue weighted by atomic mass is 28.3. The summed E-state index contributed by atoms with van der Waals surface area (Å²) < 4.78 is 5.12. The van der Waals surface area contributed by atoms with Crippen molar-refractivity contribution in [2.75, 3.05) is 4.90 Å². The summed E-state index contributed by atoms with van der Waals surface area (Å²) in [5.41, 5.74) is 11.4. The van der Waals surface area contributed by atoms with Crippen LogP contribution in [0.5, 0.6) is 0 Å². The molecule has 66 heavy (non-hydrogen) atoms. The third-order valence-electron chi connectivity index (χ3n) is 16.0. The Hall–Kier alpha value is -7.40. The van der Waals surface area contributed by atoms with Crippen LogP contribution in [-0.2, 0) is 5.41 Å². The van der Waals surface area contributed by atoms with E-state index in [2.05, 4.69) is 252 Å². The van der Waals surface area contributed by atoms with E-state index in [-0.39, 0.29) is 11.0 Å². The molecule has 13 rings (SSSR count). The molecule has 1 saturated carbocycles. The summed E-state index contributed by atoms with van der Waals surface area (Å²) >= 11 is 0. The van der Waals surface area contributed by atoms with Gasteiger partial charge >= 0.3 is 0 Å². The molecule has 318 valence electrons. The van der Waals surface area contributed by atoms with Gasteiger partial charge < -0.3 is 14.0 Å². The molecule has 0 bridgehead atoms. The van der Waals surface area contributed by atoms with Crippen LogP contribution in [0.25, 0.3) is 55.0 Å². The molecule has 3 nitrogen and oxygen atoms in total. The topological polar surface area (TPSA) is 13.1 Å². The second-order valence-electron chi connectivity index (χ2n) is 19.1. The predicted molar refractivity (Wildman–Crippen MR) is 282 cm³/mol. The summed E-state index contributed by atoms with van der Waals surface area (Å²) in [6.07, 6.45) is 4.85. The van der Waals surface area contributed by atoms with E-state index in [1.54, 1.807) is 0 Å². The second kappa shape index (κ2) is 14.8. The lowest BCUT2D eigenvalue weighted by atomic mass is 9.61. The largest absolute Gasteiger partial charge is 0.334 e. The van der Waals surface area contributed by atoms with Crippen molar-refractivity contribution >= 4 is 83.8 Å². The summed E-state index contributed by atoms with van der Waals surface area (Å²) in [5.74, 6) is 0. The Bertz CT molecular complexity index is 3530. The smallest absolute Gasteiger partial charge is 0.179 e. The molecular weight excluding hydrogens is 815 g/mol. The quantitative estimate of drug-likeness (QED) is 0.115. The molecule has 2 aromatic heterocycles. The Morgan fingerprint density at radius 3 is 1.59 bits per heavy atom. The van der Waals surface area contributed by atoms with Crippen molar-refractivity contribution in [3.63, 3.8) is 0 Å². The lowest BCUT2D eigenvalue weighted by Gasteiger charge is -2.50. The monoisotopic (exact) mass is 865 g/mol. The highest BCUT2D eigenvalue weighted by molar-refractivity contribution is 7.19. The Morgan fingerprint density at radius 1 is 0.394 bits per heavy atom. The third kappa shape index (κ3) is 5.36. The van der Waals surface area contributed by atoms with E-state index < -0.39 is 8.07 Å². The number of aromatic nitrogens is 2. The lowest BCUT2D eigenvalue weighted by Crippen LogP contribution is -2.74. The van der Waals surface area contributed by atoms with E-state index in [0.29, 0.717) is 0 Å². The Labute approximate surface area is 387 Å². The normalized spacial score (nSPS) is 18.3. The molecule has 0 spiro atoms. The van der Waals surface area contributed by atoms with Gasteiger partial charge in [-0.1, -0.05) is 184 Å². The molecule has 3 heterocycles. The average molecular weight is 866 g/mol. The van der Waals surface area contributed by atoms with Crippen LogP contribution in [0.2, 0.25) is 0 Å². The van der Waals surface area contributed by atoms with Gasteiger partial charge in [-0.3, -0.25) is 0 Å². The number of fused-ring (bicyclic) bond motifs is 10. The molecule has 0 N–H and O–H groups in total. The number of benzene rings is 9. The van der Waals surface area contributed by atoms with Crippen LogP contribution in [0, 0.1) is 0 Å². The highest BCUT2D eigenvalue weighted by Crippen LogP contribution is 2.61. The number of hydrogen-bond donors (Lipinski definition) is 0. The zero-order valence-corrected chi connectivity index (χ0v) is 38.5. The number of nitrogens with zero attached hydrogens (tertiary/aromatic N) is 3. The molecular formula is C62H51N3Si. The van der Waals surface area contributed by atoms with Crippen molar-refractivity contribution in [3.8, 4) is 11.4 Å². The van der Waals surface area contributed by atoms with Gasteiger partial charge in [-0.25, -0.2) is 0 Å². The summed E-state index contributed by atoms with van der Waals surface area (Å²) in [7, 11) is -2.78. The summed E-state index contributed by atoms with van der Waals surface area (Å²) in [6, 6.07) is 84.6.